The molecule has 0 aromatic heterocycles. The molecule has 0 atom stereocenters. The van der Waals surface area contributed by atoms with Crippen LogP contribution in [0.25, 0.3) is 0 Å². The topological polar surface area (TPSA) is 60.7 Å². The van der Waals surface area contributed by atoms with Crippen LogP contribution >= 0.6 is 7.49 Å². The Labute approximate surface area is 142 Å². The summed E-state index contributed by atoms with van der Waals surface area (Å²) in [6, 6.07) is 2.63. The Hall–Kier alpha value is 0.961. The van der Waals surface area contributed by atoms with Gasteiger partial charge in [-0.25, -0.2) is 0 Å². The van der Waals surface area contributed by atoms with Crippen molar-refractivity contribution in [2.45, 2.75) is 95.7 Å². The molecule has 0 rings (SSSR count). The van der Waals surface area contributed by atoms with E-state index in [1.54, 1.807) is 0 Å². The first-order valence-electron chi connectivity index (χ1n) is 8.88. The van der Waals surface area contributed by atoms with Gasteiger partial charge in [0.2, 0.25) is 0 Å². The van der Waals surface area contributed by atoms with Crippen LogP contribution < -0.4 is 0 Å². The molecule has 0 aromatic rings. The number of hydrogen-bond donors (Lipinski definition) is 3. The van der Waals surface area contributed by atoms with Crippen LogP contribution in [0.4, 0.5) is 0 Å². The number of rotatable bonds is 10. The van der Waals surface area contributed by atoms with Crippen LogP contribution in [0.15, 0.2) is 0 Å². The molecule has 0 aliphatic carbocycles. The molecule has 0 amide bonds. The minimum atomic E-state index is -3.99. The van der Waals surface area contributed by atoms with Gasteiger partial charge in [-0.1, -0.05) is 0 Å². The van der Waals surface area contributed by atoms with Crippen molar-refractivity contribution in [1.82, 2.24) is 0 Å². The third kappa shape index (κ3) is 6.46. The van der Waals surface area contributed by atoms with Gasteiger partial charge < -0.3 is 0 Å². The molecule has 0 saturated heterocycles. The van der Waals surface area contributed by atoms with Gasteiger partial charge in [0.15, 0.2) is 0 Å². The van der Waals surface area contributed by atoms with Crippen LogP contribution in [0.2, 0.25) is 62.6 Å². The molecule has 3 nitrogen and oxygen atoms in total. The van der Waals surface area contributed by atoms with Gasteiger partial charge in [0.1, 0.15) is 0 Å². The standard InChI is InChI=1S/C15H41O3PSi3/c1-9-12-22(13-10-2,19(16,17)18)14-11-15(20(3,4)5)21(6,7)8/h15-19H,9-14H2,1-8H3. The van der Waals surface area contributed by atoms with Crippen LogP contribution in [-0.4, -0.2) is 38.6 Å². The maximum atomic E-state index is 10.2. The van der Waals surface area contributed by atoms with Crippen molar-refractivity contribution in [2.24, 2.45) is 0 Å². The first kappa shape index (κ1) is 23.0. The fraction of sp³-hybridized carbons (Fsp3) is 1.00. The van der Waals surface area contributed by atoms with E-state index in [2.05, 4.69) is 53.1 Å². The number of hydrogen-bond acceptors (Lipinski definition) is 3. The van der Waals surface area contributed by atoms with E-state index >= 15 is 0 Å². The molecule has 0 spiro atoms. The third-order valence-corrected chi connectivity index (χ3v) is 27.2. The molecule has 3 N–H and O–H groups in total. The predicted molar refractivity (Wildman–Crippen MR) is 111 cm³/mol. The Morgan fingerprint density at radius 3 is 1.32 bits per heavy atom. The van der Waals surface area contributed by atoms with Crippen molar-refractivity contribution in [3.8, 4) is 0 Å². The van der Waals surface area contributed by atoms with E-state index in [1.165, 1.54) is 0 Å². The maximum absolute atomic E-state index is 10.2. The first-order valence-corrected chi connectivity index (χ1v) is 21.5. The second-order valence-electron chi connectivity index (χ2n) is 9.24. The molecular formula is C15H41O3PSi3. The molecule has 22 heavy (non-hydrogen) atoms. The minimum absolute atomic E-state index is 0.775. The van der Waals surface area contributed by atoms with E-state index in [1.807, 2.05) is 0 Å². The molecule has 0 unspecified atom stereocenters. The zero-order valence-corrected chi connectivity index (χ0v) is 20.2. The average Bonchev–Trinajstić information content (AvgIpc) is 2.24. The van der Waals surface area contributed by atoms with E-state index in [4.69, 9.17) is 0 Å². The van der Waals surface area contributed by atoms with Crippen molar-refractivity contribution in [3.63, 3.8) is 0 Å². The van der Waals surface area contributed by atoms with Crippen molar-refractivity contribution < 1.29 is 14.7 Å². The van der Waals surface area contributed by atoms with E-state index in [9.17, 15) is 14.7 Å². The van der Waals surface area contributed by atoms with Crippen molar-refractivity contribution in [2.75, 3.05) is 0 Å². The molecule has 0 bridgehead atoms. The zero-order chi connectivity index (χ0) is 17.8. The van der Waals surface area contributed by atoms with E-state index in [0.717, 1.165) is 42.6 Å². The Kier molecular flexibility index (Phi) is 8.73. The second-order valence-corrected chi connectivity index (χ2v) is 31.2. The van der Waals surface area contributed by atoms with Crippen molar-refractivity contribution >= 4 is 31.4 Å². The van der Waals surface area contributed by atoms with Gasteiger partial charge in [0.05, 0.1) is 0 Å². The summed E-state index contributed by atoms with van der Waals surface area (Å²) in [5.74, 6) is 0. The monoisotopic (exact) mass is 384 g/mol. The van der Waals surface area contributed by atoms with E-state index in [0.29, 0.717) is 0 Å². The van der Waals surface area contributed by atoms with Crippen LogP contribution in [0.3, 0.4) is 0 Å². The summed E-state index contributed by atoms with van der Waals surface area (Å²) in [5.41, 5.74) is 0. The Bertz CT molecular complexity index is 312. The Balaban J connectivity index is 5.39. The molecule has 0 heterocycles. The van der Waals surface area contributed by atoms with Gasteiger partial charge in [-0.2, -0.15) is 0 Å². The van der Waals surface area contributed by atoms with Gasteiger partial charge in [0.25, 0.3) is 0 Å². The van der Waals surface area contributed by atoms with Gasteiger partial charge in [-0.05, 0) is 0 Å². The predicted octanol–water partition coefficient (Wildman–Crippen LogP) is 5.20. The third-order valence-electron chi connectivity index (χ3n) is 5.17. The molecule has 0 radical (unpaired) electrons. The molecule has 0 fully saturated rings. The summed E-state index contributed by atoms with van der Waals surface area (Å²) in [4.78, 5) is 30.7. The molecule has 7 heteroatoms. The fourth-order valence-electron chi connectivity index (χ4n) is 4.42. The molecular weight excluding hydrogens is 343 g/mol. The SMILES string of the molecule is CCC[Si](CCC)(CCC([Si](C)(C)C)[Si](C)(C)C)[PH](O)(O)O. The molecule has 0 saturated carbocycles. The van der Waals surface area contributed by atoms with Crippen LogP contribution in [0.5, 0.6) is 0 Å². The normalized spacial score (nSPS) is 15.5. The summed E-state index contributed by atoms with van der Waals surface area (Å²) in [7, 11) is -8.91. The summed E-state index contributed by atoms with van der Waals surface area (Å²) in [6.07, 6.45) is 3.01. The summed E-state index contributed by atoms with van der Waals surface area (Å²) in [6.45, 7) is 18.9. The Morgan fingerprint density at radius 1 is 0.727 bits per heavy atom. The van der Waals surface area contributed by atoms with Crippen molar-refractivity contribution in [3.05, 3.63) is 0 Å². The van der Waals surface area contributed by atoms with Crippen LogP contribution in [-0.2, 0) is 0 Å². The first-order chi connectivity index (χ1) is 9.71. The molecule has 0 aliphatic rings. The molecule has 0 aliphatic heterocycles. The fourth-order valence-corrected chi connectivity index (χ4v) is 26.9. The second kappa shape index (κ2) is 8.37. The van der Waals surface area contributed by atoms with E-state index in [-0.39, 0.29) is 0 Å². The van der Waals surface area contributed by atoms with Gasteiger partial charge in [-0.3, -0.25) is 0 Å². The average molecular weight is 385 g/mol. The van der Waals surface area contributed by atoms with Gasteiger partial charge >= 0.3 is 142 Å². The zero-order valence-electron chi connectivity index (χ0n) is 16.2. The quantitative estimate of drug-likeness (QED) is 0.358. The van der Waals surface area contributed by atoms with Gasteiger partial charge in [0, 0.05) is 0 Å². The van der Waals surface area contributed by atoms with Crippen LogP contribution in [0.1, 0.15) is 33.1 Å². The van der Waals surface area contributed by atoms with E-state index < -0.39 is 31.4 Å². The summed E-state index contributed by atoms with van der Waals surface area (Å²) >= 11 is 0. The Morgan fingerprint density at radius 2 is 1.09 bits per heavy atom. The van der Waals surface area contributed by atoms with Gasteiger partial charge in [-0.15, -0.1) is 0 Å². The van der Waals surface area contributed by atoms with Crippen molar-refractivity contribution in [1.29, 1.82) is 0 Å². The molecule has 0 aromatic carbocycles. The molecule has 136 valence electrons. The summed E-state index contributed by atoms with van der Waals surface area (Å²) in [5, 5.41) is 0.775. The summed E-state index contributed by atoms with van der Waals surface area (Å²) < 4.78 is 0. The van der Waals surface area contributed by atoms with Crippen LogP contribution in [0, 0.1) is 0 Å².